The molecule has 5 heteroatoms. The van der Waals surface area contributed by atoms with Gasteiger partial charge in [0, 0.05) is 39.3 Å². The highest BCUT2D eigenvalue weighted by atomic mass is 15.5. The van der Waals surface area contributed by atoms with Gasteiger partial charge in [0.15, 0.2) is 0 Å². The van der Waals surface area contributed by atoms with Gasteiger partial charge >= 0.3 is 0 Å². The molecule has 1 aromatic rings. The first-order valence-electron chi connectivity index (χ1n) is 7.59. The van der Waals surface area contributed by atoms with E-state index in [1.54, 1.807) is 0 Å². The molecule has 0 bridgehead atoms. The molecule has 110 valence electrons. The van der Waals surface area contributed by atoms with Gasteiger partial charge in [0.05, 0.1) is 11.9 Å². The Bertz CT molecular complexity index is 413. The highest BCUT2D eigenvalue weighted by Crippen LogP contribution is 2.18. The van der Waals surface area contributed by atoms with E-state index in [1.807, 2.05) is 0 Å². The number of hydrogen-bond acceptors (Lipinski definition) is 5. The van der Waals surface area contributed by atoms with E-state index in [0.29, 0.717) is 6.17 Å². The average Bonchev–Trinajstić information content (AvgIpc) is 2.93. The van der Waals surface area contributed by atoms with Crippen LogP contribution in [0.25, 0.3) is 0 Å². The number of hydrogen-bond donors (Lipinski definition) is 4. The van der Waals surface area contributed by atoms with Crippen molar-refractivity contribution in [2.24, 2.45) is 5.92 Å². The number of nitrogens with zero attached hydrogens (tertiary/aromatic N) is 1. The lowest BCUT2D eigenvalue weighted by Crippen LogP contribution is -2.55. The quantitative estimate of drug-likeness (QED) is 0.635. The number of benzene rings is 1. The molecule has 2 heterocycles. The lowest BCUT2D eigenvalue weighted by atomic mass is 10.2. The minimum absolute atomic E-state index is 0.379. The van der Waals surface area contributed by atoms with E-state index >= 15 is 0 Å². The zero-order valence-electron chi connectivity index (χ0n) is 12.2. The highest BCUT2D eigenvalue weighted by Gasteiger charge is 2.18. The van der Waals surface area contributed by atoms with Gasteiger partial charge in [0.25, 0.3) is 0 Å². The van der Waals surface area contributed by atoms with Crippen molar-refractivity contribution in [1.29, 1.82) is 0 Å². The molecule has 2 aliphatic heterocycles. The third kappa shape index (κ3) is 3.49. The predicted octanol–water partition coefficient (Wildman–Crippen LogP) is 0.256. The third-order valence-electron chi connectivity index (χ3n) is 3.97. The van der Waals surface area contributed by atoms with E-state index in [-0.39, 0.29) is 0 Å². The summed E-state index contributed by atoms with van der Waals surface area (Å²) < 4.78 is 0. The number of anilines is 1. The average molecular weight is 275 g/mol. The van der Waals surface area contributed by atoms with Crippen LogP contribution < -0.4 is 26.4 Å². The maximum Gasteiger partial charge on any atom is 0.0703 e. The molecule has 2 fully saturated rings. The van der Waals surface area contributed by atoms with Crippen LogP contribution in [0.2, 0.25) is 0 Å². The van der Waals surface area contributed by atoms with Gasteiger partial charge in [0.2, 0.25) is 0 Å². The van der Waals surface area contributed by atoms with Crippen molar-refractivity contribution in [3.05, 3.63) is 29.8 Å². The first-order valence-corrected chi connectivity index (χ1v) is 7.59. The molecule has 0 amide bonds. The van der Waals surface area contributed by atoms with Gasteiger partial charge in [-0.2, -0.15) is 0 Å². The minimum Gasteiger partial charge on any atom is -0.313 e. The SMILES string of the molecule is CC1CNN(c2ccc(CNC3CNCCN3)cc2)C1. The number of nitrogens with one attached hydrogen (secondary N) is 4. The van der Waals surface area contributed by atoms with Crippen LogP contribution in [-0.4, -0.2) is 38.9 Å². The van der Waals surface area contributed by atoms with Crippen molar-refractivity contribution in [3.8, 4) is 0 Å². The fourth-order valence-corrected chi connectivity index (χ4v) is 2.74. The molecule has 1 aromatic carbocycles. The van der Waals surface area contributed by atoms with Crippen molar-refractivity contribution in [2.45, 2.75) is 19.6 Å². The van der Waals surface area contributed by atoms with E-state index in [4.69, 9.17) is 0 Å². The first-order chi connectivity index (χ1) is 9.81. The van der Waals surface area contributed by atoms with Gasteiger partial charge in [-0.25, -0.2) is 5.43 Å². The highest BCUT2D eigenvalue weighted by molar-refractivity contribution is 5.47. The van der Waals surface area contributed by atoms with Crippen LogP contribution in [-0.2, 0) is 6.54 Å². The summed E-state index contributed by atoms with van der Waals surface area (Å²) in [6.07, 6.45) is 0.379. The largest absolute Gasteiger partial charge is 0.313 e. The molecule has 2 atom stereocenters. The molecule has 0 saturated carbocycles. The Balaban J connectivity index is 1.50. The van der Waals surface area contributed by atoms with Crippen LogP contribution in [0.1, 0.15) is 12.5 Å². The molecule has 2 unspecified atom stereocenters. The van der Waals surface area contributed by atoms with Gasteiger partial charge in [-0.1, -0.05) is 19.1 Å². The van der Waals surface area contributed by atoms with Gasteiger partial charge < -0.3 is 10.3 Å². The van der Waals surface area contributed by atoms with Crippen LogP contribution in [0.5, 0.6) is 0 Å². The van der Waals surface area contributed by atoms with E-state index < -0.39 is 0 Å². The van der Waals surface area contributed by atoms with Crippen molar-refractivity contribution >= 4 is 5.69 Å². The Labute approximate surface area is 121 Å². The Morgan fingerprint density at radius 3 is 2.70 bits per heavy atom. The second-order valence-electron chi connectivity index (χ2n) is 5.84. The molecule has 0 radical (unpaired) electrons. The van der Waals surface area contributed by atoms with Gasteiger partial charge in [-0.05, 0) is 23.6 Å². The van der Waals surface area contributed by atoms with Gasteiger partial charge in [0.1, 0.15) is 0 Å². The first kappa shape index (κ1) is 13.8. The van der Waals surface area contributed by atoms with Crippen LogP contribution in [0.3, 0.4) is 0 Å². The Kier molecular flexibility index (Phi) is 4.52. The maximum atomic E-state index is 3.53. The normalized spacial score (nSPS) is 26.9. The molecule has 5 nitrogen and oxygen atoms in total. The molecule has 20 heavy (non-hydrogen) atoms. The summed E-state index contributed by atoms with van der Waals surface area (Å²) in [5.74, 6) is 0.723. The lowest BCUT2D eigenvalue weighted by molar-refractivity contribution is 0.359. The summed E-state index contributed by atoms with van der Waals surface area (Å²) in [5.41, 5.74) is 6.01. The standard InChI is InChI=1S/C15H25N5/c1-12-8-19-20(11-12)14-4-2-13(3-5-14)9-18-15-10-16-6-7-17-15/h2-5,12,15-19H,6-11H2,1H3. The predicted molar refractivity (Wildman–Crippen MR) is 82.5 cm³/mol. The van der Waals surface area contributed by atoms with E-state index in [9.17, 15) is 0 Å². The van der Waals surface area contributed by atoms with Crippen LogP contribution in [0, 0.1) is 5.92 Å². The third-order valence-corrected chi connectivity index (χ3v) is 3.97. The zero-order valence-corrected chi connectivity index (χ0v) is 12.2. The molecule has 3 rings (SSSR count). The van der Waals surface area contributed by atoms with Crippen LogP contribution in [0.15, 0.2) is 24.3 Å². The molecule has 0 aliphatic carbocycles. The molecular weight excluding hydrogens is 250 g/mol. The molecule has 4 N–H and O–H groups in total. The lowest BCUT2D eigenvalue weighted by Gasteiger charge is -2.25. The molecule has 2 aliphatic rings. The smallest absolute Gasteiger partial charge is 0.0703 e. The molecule has 2 saturated heterocycles. The summed E-state index contributed by atoms with van der Waals surface area (Å²) in [6, 6.07) is 8.83. The molecular formula is C15H25N5. The van der Waals surface area contributed by atoms with E-state index in [1.165, 1.54) is 11.3 Å². The Morgan fingerprint density at radius 2 is 2.05 bits per heavy atom. The summed E-state index contributed by atoms with van der Waals surface area (Å²) >= 11 is 0. The number of rotatable bonds is 4. The van der Waals surface area contributed by atoms with Gasteiger partial charge in [-0.3, -0.25) is 10.6 Å². The fourth-order valence-electron chi connectivity index (χ4n) is 2.74. The summed E-state index contributed by atoms with van der Waals surface area (Å²) in [5, 5.41) is 12.6. The Hall–Kier alpha value is -1.14. The fraction of sp³-hybridized carbons (Fsp3) is 0.600. The monoisotopic (exact) mass is 275 g/mol. The molecule has 0 spiro atoms. The van der Waals surface area contributed by atoms with E-state index in [2.05, 4.69) is 57.6 Å². The van der Waals surface area contributed by atoms with E-state index in [0.717, 1.165) is 45.2 Å². The summed E-state index contributed by atoms with van der Waals surface area (Å²) in [7, 11) is 0. The van der Waals surface area contributed by atoms with Crippen molar-refractivity contribution in [3.63, 3.8) is 0 Å². The van der Waals surface area contributed by atoms with Crippen LogP contribution in [0.4, 0.5) is 5.69 Å². The second kappa shape index (κ2) is 6.54. The summed E-state index contributed by atoms with van der Waals surface area (Å²) in [6.45, 7) is 8.44. The zero-order chi connectivity index (χ0) is 13.8. The van der Waals surface area contributed by atoms with Gasteiger partial charge in [-0.15, -0.1) is 0 Å². The number of hydrazine groups is 1. The second-order valence-corrected chi connectivity index (χ2v) is 5.84. The van der Waals surface area contributed by atoms with Crippen LogP contribution >= 0.6 is 0 Å². The van der Waals surface area contributed by atoms with Crippen molar-refractivity contribution < 1.29 is 0 Å². The summed E-state index contributed by atoms with van der Waals surface area (Å²) in [4.78, 5) is 0. The minimum atomic E-state index is 0.379. The molecule has 0 aromatic heterocycles. The van der Waals surface area contributed by atoms with Crippen molar-refractivity contribution in [1.82, 2.24) is 21.4 Å². The van der Waals surface area contributed by atoms with Crippen molar-refractivity contribution in [2.75, 3.05) is 37.7 Å². The maximum absolute atomic E-state index is 3.53. The number of piperazine rings is 1. The topological polar surface area (TPSA) is 51.4 Å². The Morgan fingerprint density at radius 1 is 1.20 bits per heavy atom.